The van der Waals surface area contributed by atoms with Crippen LogP contribution < -0.4 is 16.4 Å². The highest BCUT2D eigenvalue weighted by Crippen LogP contribution is 2.17. The van der Waals surface area contributed by atoms with E-state index in [9.17, 15) is 9.59 Å². The summed E-state index contributed by atoms with van der Waals surface area (Å²) in [4.78, 5) is 22.8. The summed E-state index contributed by atoms with van der Waals surface area (Å²) in [6.07, 6.45) is 5.72. The summed E-state index contributed by atoms with van der Waals surface area (Å²) in [6, 6.07) is 0.632. The van der Waals surface area contributed by atoms with Crippen molar-refractivity contribution in [1.82, 2.24) is 14.5 Å². The van der Waals surface area contributed by atoms with Crippen molar-refractivity contribution in [3.8, 4) is 0 Å². The summed E-state index contributed by atoms with van der Waals surface area (Å²) >= 11 is 0. The van der Waals surface area contributed by atoms with Crippen LogP contribution in [-0.2, 0) is 13.6 Å². The molecule has 1 saturated carbocycles. The third-order valence-corrected chi connectivity index (χ3v) is 2.60. The number of aromatic nitrogens is 2. The third-order valence-electron chi connectivity index (χ3n) is 2.60. The van der Waals surface area contributed by atoms with Crippen molar-refractivity contribution >= 4 is 0 Å². The largest absolute Gasteiger partial charge is 0.316 e. The lowest BCUT2D eigenvalue weighted by atomic mass is 10.5. The lowest BCUT2D eigenvalue weighted by Crippen LogP contribution is -2.41. The molecule has 82 valence electrons. The van der Waals surface area contributed by atoms with E-state index in [1.165, 1.54) is 22.0 Å². The molecule has 1 aromatic heterocycles. The summed E-state index contributed by atoms with van der Waals surface area (Å²) in [5.41, 5.74) is -0.915. The van der Waals surface area contributed by atoms with Crippen LogP contribution in [-0.4, -0.2) is 21.7 Å². The van der Waals surface area contributed by atoms with E-state index in [1.807, 2.05) is 0 Å². The standard InChI is InChI=1S/C10H15N3O2/c1-12-6-7-13(10(15)9(12)14)5-4-11-8-2-3-8/h6-8,11H,2-5H2,1H3. The van der Waals surface area contributed by atoms with Crippen LogP contribution >= 0.6 is 0 Å². The second kappa shape index (κ2) is 4.02. The van der Waals surface area contributed by atoms with Gasteiger partial charge in [0.2, 0.25) is 0 Å². The summed E-state index contributed by atoms with van der Waals surface area (Å²) in [5.74, 6) is 0. The Bertz CT molecular complexity index is 456. The van der Waals surface area contributed by atoms with E-state index < -0.39 is 11.1 Å². The van der Waals surface area contributed by atoms with E-state index in [1.54, 1.807) is 19.4 Å². The fourth-order valence-corrected chi connectivity index (χ4v) is 1.44. The highest BCUT2D eigenvalue weighted by Gasteiger charge is 2.19. The van der Waals surface area contributed by atoms with Gasteiger partial charge < -0.3 is 14.5 Å². The Morgan fingerprint density at radius 3 is 2.73 bits per heavy atom. The molecule has 0 unspecified atom stereocenters. The molecule has 0 aromatic carbocycles. The molecular formula is C10H15N3O2. The van der Waals surface area contributed by atoms with Crippen LogP contribution in [0.1, 0.15) is 12.8 Å². The lowest BCUT2D eigenvalue weighted by Gasteiger charge is -2.06. The minimum Gasteiger partial charge on any atom is -0.312 e. The minimum atomic E-state index is -0.469. The third kappa shape index (κ3) is 2.36. The molecule has 5 nitrogen and oxygen atoms in total. The van der Waals surface area contributed by atoms with Gasteiger partial charge in [0.1, 0.15) is 0 Å². The number of rotatable bonds is 4. The predicted molar refractivity (Wildman–Crippen MR) is 57.0 cm³/mol. The quantitative estimate of drug-likeness (QED) is 0.667. The van der Waals surface area contributed by atoms with Gasteiger partial charge in [0.25, 0.3) is 0 Å². The summed E-state index contributed by atoms with van der Waals surface area (Å²) in [7, 11) is 1.58. The first kappa shape index (κ1) is 10.2. The van der Waals surface area contributed by atoms with E-state index in [0.717, 1.165) is 6.54 Å². The molecular weight excluding hydrogens is 194 g/mol. The minimum absolute atomic E-state index is 0.447. The van der Waals surface area contributed by atoms with Crippen molar-refractivity contribution in [2.24, 2.45) is 7.05 Å². The second-order valence-electron chi connectivity index (χ2n) is 3.94. The van der Waals surface area contributed by atoms with Gasteiger partial charge in [-0.1, -0.05) is 0 Å². The molecule has 0 spiro atoms. The Balaban J connectivity index is 2.04. The van der Waals surface area contributed by atoms with Crippen LogP contribution in [0.5, 0.6) is 0 Å². The van der Waals surface area contributed by atoms with Gasteiger partial charge in [0.15, 0.2) is 0 Å². The molecule has 1 aromatic rings. The van der Waals surface area contributed by atoms with Crippen molar-refractivity contribution in [2.45, 2.75) is 25.4 Å². The van der Waals surface area contributed by atoms with Gasteiger partial charge in [-0.05, 0) is 12.8 Å². The molecule has 0 bridgehead atoms. The summed E-state index contributed by atoms with van der Waals surface area (Å²) in [5, 5.41) is 3.30. The SMILES string of the molecule is Cn1ccn(CCNC2CC2)c(=O)c1=O. The van der Waals surface area contributed by atoms with Gasteiger partial charge in [-0.25, -0.2) is 0 Å². The van der Waals surface area contributed by atoms with E-state index in [2.05, 4.69) is 5.32 Å². The molecule has 15 heavy (non-hydrogen) atoms. The monoisotopic (exact) mass is 209 g/mol. The Morgan fingerprint density at radius 2 is 2.07 bits per heavy atom. The van der Waals surface area contributed by atoms with Crippen LogP contribution in [0.25, 0.3) is 0 Å². The normalized spacial score (nSPS) is 15.5. The molecule has 1 N–H and O–H groups in total. The number of nitrogens with zero attached hydrogens (tertiary/aromatic N) is 2. The van der Waals surface area contributed by atoms with Gasteiger partial charge in [-0.15, -0.1) is 0 Å². The van der Waals surface area contributed by atoms with Gasteiger partial charge in [0, 0.05) is 38.6 Å². The van der Waals surface area contributed by atoms with E-state index in [0.29, 0.717) is 12.6 Å². The maximum Gasteiger partial charge on any atom is 0.316 e. The molecule has 1 heterocycles. The zero-order valence-corrected chi connectivity index (χ0v) is 8.77. The molecule has 0 atom stereocenters. The van der Waals surface area contributed by atoms with E-state index >= 15 is 0 Å². The zero-order chi connectivity index (χ0) is 10.8. The fourth-order valence-electron chi connectivity index (χ4n) is 1.44. The van der Waals surface area contributed by atoms with Crippen molar-refractivity contribution in [3.05, 3.63) is 33.1 Å². The molecule has 2 rings (SSSR count). The Labute approximate surface area is 87.3 Å². The topological polar surface area (TPSA) is 56.0 Å². The van der Waals surface area contributed by atoms with Crippen LogP contribution in [0.2, 0.25) is 0 Å². The lowest BCUT2D eigenvalue weighted by molar-refractivity contribution is 0.570. The fraction of sp³-hybridized carbons (Fsp3) is 0.600. The van der Waals surface area contributed by atoms with E-state index in [-0.39, 0.29) is 0 Å². The Morgan fingerprint density at radius 1 is 1.33 bits per heavy atom. The smallest absolute Gasteiger partial charge is 0.312 e. The maximum absolute atomic E-state index is 11.5. The molecule has 1 fully saturated rings. The molecule has 1 aliphatic rings. The van der Waals surface area contributed by atoms with Crippen molar-refractivity contribution in [3.63, 3.8) is 0 Å². The number of hydrogen-bond acceptors (Lipinski definition) is 3. The molecule has 0 amide bonds. The van der Waals surface area contributed by atoms with E-state index in [4.69, 9.17) is 0 Å². The zero-order valence-electron chi connectivity index (χ0n) is 8.77. The maximum atomic E-state index is 11.5. The van der Waals surface area contributed by atoms with Gasteiger partial charge in [-0.3, -0.25) is 9.59 Å². The average Bonchev–Trinajstić information content (AvgIpc) is 3.02. The first-order valence-corrected chi connectivity index (χ1v) is 5.18. The van der Waals surface area contributed by atoms with Crippen molar-refractivity contribution in [1.29, 1.82) is 0 Å². The highest BCUT2D eigenvalue weighted by molar-refractivity contribution is 4.86. The molecule has 5 heteroatoms. The van der Waals surface area contributed by atoms with Crippen LogP contribution in [0, 0.1) is 0 Å². The van der Waals surface area contributed by atoms with Gasteiger partial charge >= 0.3 is 11.1 Å². The number of aryl methyl sites for hydroxylation is 1. The summed E-state index contributed by atoms with van der Waals surface area (Å²) < 4.78 is 2.75. The number of nitrogens with one attached hydrogen (secondary N) is 1. The van der Waals surface area contributed by atoms with Crippen LogP contribution in [0.15, 0.2) is 22.0 Å². The van der Waals surface area contributed by atoms with Crippen molar-refractivity contribution in [2.75, 3.05) is 6.54 Å². The number of hydrogen-bond donors (Lipinski definition) is 1. The van der Waals surface area contributed by atoms with Gasteiger partial charge in [0.05, 0.1) is 0 Å². The first-order valence-electron chi connectivity index (χ1n) is 5.18. The predicted octanol–water partition coefficient (Wildman–Crippen LogP) is -0.701. The molecule has 0 radical (unpaired) electrons. The molecule has 0 saturated heterocycles. The van der Waals surface area contributed by atoms with Crippen LogP contribution in [0.4, 0.5) is 0 Å². The highest BCUT2D eigenvalue weighted by atomic mass is 16.2. The molecule has 1 aliphatic carbocycles. The average molecular weight is 209 g/mol. The summed E-state index contributed by atoms with van der Waals surface area (Å²) in [6.45, 7) is 1.31. The Kier molecular flexibility index (Phi) is 2.73. The van der Waals surface area contributed by atoms with Crippen molar-refractivity contribution < 1.29 is 0 Å². The first-order chi connectivity index (χ1) is 7.18. The Hall–Kier alpha value is -1.36. The van der Waals surface area contributed by atoms with Gasteiger partial charge in [-0.2, -0.15) is 0 Å². The van der Waals surface area contributed by atoms with Crippen LogP contribution in [0.3, 0.4) is 0 Å². The second-order valence-corrected chi connectivity index (χ2v) is 3.94. The molecule has 0 aliphatic heterocycles.